The lowest BCUT2D eigenvalue weighted by Crippen LogP contribution is -2.17. The summed E-state index contributed by atoms with van der Waals surface area (Å²) in [6, 6.07) is 2.41. The highest BCUT2D eigenvalue weighted by atomic mass is 35.5. The van der Waals surface area contributed by atoms with Gasteiger partial charge in [-0.05, 0) is 26.0 Å². The third kappa shape index (κ3) is 3.68. The average Bonchev–Trinajstić information content (AvgIpc) is 2.93. The van der Waals surface area contributed by atoms with Gasteiger partial charge in [-0.3, -0.25) is 0 Å². The highest BCUT2D eigenvalue weighted by molar-refractivity contribution is 7.18. The molecule has 0 saturated carbocycles. The van der Waals surface area contributed by atoms with E-state index in [1.165, 1.54) is 23.6 Å². The first-order valence-electron chi connectivity index (χ1n) is 7.65. The van der Waals surface area contributed by atoms with Gasteiger partial charge in [0.15, 0.2) is 5.82 Å². The van der Waals surface area contributed by atoms with E-state index >= 15 is 0 Å². The standard InChI is InChI=1S/C16H15ClF3N5S/c1-8(2)22-15-23-12-10(17)7-26-13(12)14(24-15)25(3)9-4-5-11(21-6-9)16(18,19)20/h4-8H,1-3H3,(H,22,23,24). The van der Waals surface area contributed by atoms with Crippen LogP contribution in [0.25, 0.3) is 10.2 Å². The molecule has 0 radical (unpaired) electrons. The molecular formula is C16H15ClF3N5S. The van der Waals surface area contributed by atoms with Crippen LogP contribution in [0.4, 0.5) is 30.6 Å². The fourth-order valence-corrected chi connectivity index (χ4v) is 3.51. The van der Waals surface area contributed by atoms with Crippen LogP contribution in [-0.4, -0.2) is 28.0 Å². The Morgan fingerprint density at radius 2 is 1.96 bits per heavy atom. The van der Waals surface area contributed by atoms with E-state index in [0.717, 1.165) is 10.8 Å². The predicted octanol–water partition coefficient (Wildman–Crippen LogP) is 5.35. The summed E-state index contributed by atoms with van der Waals surface area (Å²) in [4.78, 5) is 14.1. The minimum absolute atomic E-state index is 0.107. The molecule has 0 amide bonds. The summed E-state index contributed by atoms with van der Waals surface area (Å²) in [6.07, 6.45) is -3.31. The molecule has 0 saturated heterocycles. The van der Waals surface area contributed by atoms with E-state index in [-0.39, 0.29) is 6.04 Å². The highest BCUT2D eigenvalue weighted by Gasteiger charge is 2.32. The van der Waals surface area contributed by atoms with Crippen molar-refractivity contribution in [1.82, 2.24) is 15.0 Å². The summed E-state index contributed by atoms with van der Waals surface area (Å²) in [7, 11) is 1.71. The molecular weight excluding hydrogens is 387 g/mol. The Kier molecular flexibility index (Phi) is 4.94. The third-order valence-electron chi connectivity index (χ3n) is 3.52. The Labute approximate surface area is 156 Å². The molecule has 3 rings (SSSR count). The topological polar surface area (TPSA) is 53.9 Å². The van der Waals surface area contributed by atoms with E-state index < -0.39 is 11.9 Å². The normalized spacial score (nSPS) is 12.0. The Hall–Kier alpha value is -2.13. The second-order valence-corrected chi connectivity index (χ2v) is 7.18. The van der Waals surface area contributed by atoms with Gasteiger partial charge in [-0.1, -0.05) is 11.6 Å². The molecule has 3 heterocycles. The third-order valence-corrected chi connectivity index (χ3v) is 4.90. The number of anilines is 3. The molecule has 0 bridgehead atoms. The van der Waals surface area contributed by atoms with Crippen molar-refractivity contribution in [3.05, 3.63) is 34.4 Å². The number of aromatic nitrogens is 3. The Balaban J connectivity index is 2.05. The molecule has 1 N–H and O–H groups in total. The van der Waals surface area contributed by atoms with Crippen molar-refractivity contribution in [3.8, 4) is 0 Å². The van der Waals surface area contributed by atoms with E-state index in [2.05, 4.69) is 20.3 Å². The van der Waals surface area contributed by atoms with Crippen molar-refractivity contribution >= 4 is 50.6 Å². The molecule has 5 nitrogen and oxygen atoms in total. The molecule has 138 valence electrons. The number of rotatable bonds is 4. The SMILES string of the molecule is CC(C)Nc1nc(N(C)c2ccc(C(F)(F)F)nc2)c2scc(Cl)c2n1. The molecule has 0 aliphatic rings. The van der Waals surface area contributed by atoms with Gasteiger partial charge in [-0.25, -0.2) is 9.97 Å². The van der Waals surface area contributed by atoms with Gasteiger partial charge in [-0.2, -0.15) is 18.2 Å². The molecule has 0 aliphatic carbocycles. The first-order chi connectivity index (χ1) is 12.2. The van der Waals surface area contributed by atoms with Gasteiger partial charge in [0.25, 0.3) is 0 Å². The lowest BCUT2D eigenvalue weighted by molar-refractivity contribution is -0.141. The van der Waals surface area contributed by atoms with E-state index in [9.17, 15) is 13.2 Å². The largest absolute Gasteiger partial charge is 0.433 e. The lowest BCUT2D eigenvalue weighted by atomic mass is 10.3. The number of thiophene rings is 1. The van der Waals surface area contributed by atoms with Crippen molar-refractivity contribution in [2.75, 3.05) is 17.3 Å². The number of nitrogens with zero attached hydrogens (tertiary/aromatic N) is 4. The minimum Gasteiger partial charge on any atom is -0.352 e. The number of fused-ring (bicyclic) bond motifs is 1. The van der Waals surface area contributed by atoms with Gasteiger partial charge < -0.3 is 10.2 Å². The monoisotopic (exact) mass is 401 g/mol. The molecule has 10 heteroatoms. The van der Waals surface area contributed by atoms with Crippen molar-refractivity contribution < 1.29 is 13.2 Å². The van der Waals surface area contributed by atoms with Crippen LogP contribution in [0.1, 0.15) is 19.5 Å². The molecule has 0 aromatic carbocycles. The molecule has 0 aliphatic heterocycles. The van der Waals surface area contributed by atoms with Gasteiger partial charge >= 0.3 is 6.18 Å². The molecule has 0 atom stereocenters. The van der Waals surface area contributed by atoms with Gasteiger partial charge in [0.1, 0.15) is 11.2 Å². The average molecular weight is 402 g/mol. The molecule has 0 spiro atoms. The highest BCUT2D eigenvalue weighted by Crippen LogP contribution is 2.38. The van der Waals surface area contributed by atoms with E-state index in [1.54, 1.807) is 17.3 Å². The van der Waals surface area contributed by atoms with Crippen molar-refractivity contribution in [3.63, 3.8) is 0 Å². The predicted molar refractivity (Wildman–Crippen MR) is 98.5 cm³/mol. The number of hydrogen-bond donors (Lipinski definition) is 1. The second kappa shape index (κ2) is 6.88. The number of halogens is 4. The van der Waals surface area contributed by atoms with Crippen molar-refractivity contribution in [2.24, 2.45) is 0 Å². The zero-order valence-electron chi connectivity index (χ0n) is 14.1. The summed E-state index contributed by atoms with van der Waals surface area (Å²) in [5.74, 6) is 0.936. The van der Waals surface area contributed by atoms with Crippen LogP contribution in [0, 0.1) is 0 Å². The summed E-state index contributed by atoms with van der Waals surface area (Å²) in [6.45, 7) is 3.90. The maximum atomic E-state index is 12.7. The zero-order chi connectivity index (χ0) is 19.1. The summed E-state index contributed by atoms with van der Waals surface area (Å²) >= 11 is 7.58. The van der Waals surface area contributed by atoms with Crippen molar-refractivity contribution in [2.45, 2.75) is 26.1 Å². The van der Waals surface area contributed by atoms with E-state index in [0.29, 0.717) is 28.0 Å². The molecule has 26 heavy (non-hydrogen) atoms. The van der Waals surface area contributed by atoms with Crippen molar-refractivity contribution in [1.29, 1.82) is 0 Å². The van der Waals surface area contributed by atoms with Crippen LogP contribution in [0.5, 0.6) is 0 Å². The van der Waals surface area contributed by atoms with E-state index in [1.807, 2.05) is 13.8 Å². The summed E-state index contributed by atoms with van der Waals surface area (Å²) in [5.41, 5.74) is 0.123. The minimum atomic E-state index is -4.48. The Morgan fingerprint density at radius 3 is 2.54 bits per heavy atom. The quantitative estimate of drug-likeness (QED) is 0.639. The number of pyridine rings is 1. The summed E-state index contributed by atoms with van der Waals surface area (Å²) < 4.78 is 38.9. The maximum Gasteiger partial charge on any atom is 0.433 e. The van der Waals surface area contributed by atoms with Crippen LogP contribution >= 0.6 is 22.9 Å². The van der Waals surface area contributed by atoms with Crippen LogP contribution < -0.4 is 10.2 Å². The van der Waals surface area contributed by atoms with Crippen LogP contribution in [0.2, 0.25) is 5.02 Å². The first-order valence-corrected chi connectivity index (χ1v) is 8.91. The first kappa shape index (κ1) is 18.7. The number of hydrogen-bond acceptors (Lipinski definition) is 6. The van der Waals surface area contributed by atoms with Gasteiger partial charge in [-0.15, -0.1) is 11.3 Å². The zero-order valence-corrected chi connectivity index (χ0v) is 15.7. The van der Waals surface area contributed by atoms with E-state index in [4.69, 9.17) is 11.6 Å². The fourth-order valence-electron chi connectivity index (χ4n) is 2.30. The van der Waals surface area contributed by atoms with Gasteiger partial charge in [0.2, 0.25) is 5.95 Å². The van der Waals surface area contributed by atoms with Crippen LogP contribution in [-0.2, 0) is 6.18 Å². The fraction of sp³-hybridized carbons (Fsp3) is 0.312. The van der Waals surface area contributed by atoms with Crippen LogP contribution in [0.15, 0.2) is 23.7 Å². The smallest absolute Gasteiger partial charge is 0.352 e. The maximum absolute atomic E-state index is 12.7. The molecule has 3 aromatic rings. The Bertz CT molecular complexity index is 924. The lowest BCUT2D eigenvalue weighted by Gasteiger charge is -2.20. The number of alkyl halides is 3. The molecule has 0 fully saturated rings. The Morgan fingerprint density at radius 1 is 1.23 bits per heavy atom. The summed E-state index contributed by atoms with van der Waals surface area (Å²) in [5, 5.41) is 5.37. The molecule has 0 unspecified atom stereocenters. The van der Waals surface area contributed by atoms with Crippen LogP contribution in [0.3, 0.4) is 0 Å². The number of nitrogens with one attached hydrogen (secondary N) is 1. The molecule has 3 aromatic heterocycles. The van der Waals surface area contributed by atoms with Gasteiger partial charge in [0.05, 0.1) is 21.6 Å². The second-order valence-electron chi connectivity index (χ2n) is 5.89. The van der Waals surface area contributed by atoms with Gasteiger partial charge in [0, 0.05) is 18.5 Å².